The van der Waals surface area contributed by atoms with Gasteiger partial charge in [0.2, 0.25) is 0 Å². The van der Waals surface area contributed by atoms with E-state index in [1.54, 1.807) is 0 Å². The molecule has 106 valence electrons. The van der Waals surface area contributed by atoms with E-state index in [1.165, 1.54) is 16.2 Å². The number of nitrogens with zero attached hydrogens (tertiary/aromatic N) is 1. The third-order valence-electron chi connectivity index (χ3n) is 2.92. The number of β-amino-alcohol motifs (C(OH)–C–C–N with tert-alkyl or cyclic N) is 1. The second kappa shape index (κ2) is 5.31. The molecule has 0 spiro atoms. The highest BCUT2D eigenvalue weighted by molar-refractivity contribution is 7.10. The Morgan fingerprint density at radius 3 is 2.74 bits per heavy atom. The molecule has 1 aliphatic rings. The van der Waals surface area contributed by atoms with Crippen LogP contribution in [0.5, 0.6) is 0 Å². The van der Waals surface area contributed by atoms with Gasteiger partial charge in [0.05, 0.1) is 17.7 Å². The van der Waals surface area contributed by atoms with Crippen molar-refractivity contribution in [1.82, 2.24) is 4.90 Å². The largest absolute Gasteiger partial charge is 0.444 e. The Hall–Kier alpha value is -0.780. The molecule has 1 aromatic heterocycles. The predicted molar refractivity (Wildman–Crippen MR) is 75.9 cm³/mol. The molecule has 1 amide bonds. The summed E-state index contributed by atoms with van der Waals surface area (Å²) in [6.45, 7) is 6.20. The SMILES string of the molecule is CC(C)(C)OC(=O)N1CC(O)C(c2sccc2Cl)C1. The molecule has 2 unspecified atom stereocenters. The van der Waals surface area contributed by atoms with E-state index in [2.05, 4.69) is 0 Å². The van der Waals surface area contributed by atoms with Crippen LogP contribution in [0, 0.1) is 0 Å². The molecule has 1 N–H and O–H groups in total. The maximum absolute atomic E-state index is 12.0. The van der Waals surface area contributed by atoms with Gasteiger partial charge in [0, 0.05) is 17.3 Å². The first-order valence-corrected chi connectivity index (χ1v) is 7.42. The lowest BCUT2D eigenvalue weighted by Gasteiger charge is -2.24. The molecule has 1 aromatic rings. The number of amides is 1. The second-order valence-corrected chi connectivity index (χ2v) is 7.05. The van der Waals surface area contributed by atoms with E-state index in [1.807, 2.05) is 32.2 Å². The quantitative estimate of drug-likeness (QED) is 0.867. The molecular weight excluding hydrogens is 286 g/mol. The van der Waals surface area contributed by atoms with E-state index < -0.39 is 11.7 Å². The van der Waals surface area contributed by atoms with Crippen molar-refractivity contribution in [3.05, 3.63) is 21.3 Å². The molecule has 19 heavy (non-hydrogen) atoms. The van der Waals surface area contributed by atoms with Crippen molar-refractivity contribution in [2.24, 2.45) is 0 Å². The molecule has 6 heteroatoms. The Morgan fingerprint density at radius 2 is 2.21 bits per heavy atom. The third-order valence-corrected chi connectivity index (χ3v) is 4.41. The average molecular weight is 304 g/mol. The first-order chi connectivity index (χ1) is 8.78. The van der Waals surface area contributed by atoms with E-state index >= 15 is 0 Å². The molecule has 1 saturated heterocycles. The van der Waals surface area contributed by atoms with Crippen molar-refractivity contribution >= 4 is 29.0 Å². The standard InChI is InChI=1S/C13H18ClNO3S/c1-13(2,3)18-12(17)15-6-8(10(16)7-15)11-9(14)4-5-19-11/h4-5,8,10,16H,6-7H2,1-3H3. The van der Waals surface area contributed by atoms with E-state index in [-0.39, 0.29) is 18.6 Å². The zero-order chi connectivity index (χ0) is 14.2. The Bertz CT molecular complexity index is 469. The van der Waals surface area contributed by atoms with E-state index in [0.717, 1.165) is 4.88 Å². The zero-order valence-corrected chi connectivity index (χ0v) is 12.8. The van der Waals surface area contributed by atoms with Crippen LogP contribution in [0.2, 0.25) is 5.02 Å². The fourth-order valence-electron chi connectivity index (χ4n) is 2.09. The molecule has 4 nitrogen and oxygen atoms in total. The van der Waals surface area contributed by atoms with Crippen molar-refractivity contribution in [3.8, 4) is 0 Å². The Morgan fingerprint density at radius 1 is 1.53 bits per heavy atom. The third kappa shape index (κ3) is 3.41. The van der Waals surface area contributed by atoms with E-state index in [4.69, 9.17) is 16.3 Å². The number of thiophene rings is 1. The number of rotatable bonds is 1. The number of carbonyl (C=O) groups is 1. The van der Waals surface area contributed by atoms with Gasteiger partial charge in [0.25, 0.3) is 0 Å². The summed E-state index contributed by atoms with van der Waals surface area (Å²) in [4.78, 5) is 14.4. The molecular formula is C13H18ClNO3S. The van der Waals surface area contributed by atoms with E-state index in [0.29, 0.717) is 11.6 Å². The van der Waals surface area contributed by atoms with Crippen LogP contribution in [-0.4, -0.2) is 40.9 Å². The molecule has 1 fully saturated rings. The number of hydrogen-bond donors (Lipinski definition) is 1. The Labute approximate surface area is 121 Å². The number of aliphatic hydroxyl groups excluding tert-OH is 1. The normalized spacial score (nSPS) is 23.7. The van der Waals surface area contributed by atoms with Crippen molar-refractivity contribution in [2.75, 3.05) is 13.1 Å². The summed E-state index contributed by atoms with van der Waals surface area (Å²) in [7, 11) is 0. The summed E-state index contributed by atoms with van der Waals surface area (Å²) in [5.74, 6) is -0.125. The van der Waals surface area contributed by atoms with Gasteiger partial charge in [-0.3, -0.25) is 0 Å². The van der Waals surface area contributed by atoms with Gasteiger partial charge in [0.15, 0.2) is 0 Å². The number of ether oxygens (including phenoxy) is 1. The molecule has 2 rings (SSSR count). The Balaban J connectivity index is 2.06. The molecule has 0 radical (unpaired) electrons. The van der Waals surface area contributed by atoms with Crippen LogP contribution in [0.1, 0.15) is 31.6 Å². The first kappa shape index (κ1) is 14.6. The monoisotopic (exact) mass is 303 g/mol. The highest BCUT2D eigenvalue weighted by Crippen LogP contribution is 2.36. The summed E-state index contributed by atoms with van der Waals surface area (Å²) in [6, 6.07) is 1.81. The lowest BCUT2D eigenvalue weighted by atomic mass is 10.0. The van der Waals surface area contributed by atoms with Crippen molar-refractivity contribution < 1.29 is 14.6 Å². The summed E-state index contributed by atoms with van der Waals surface area (Å²) in [6.07, 6.45) is -0.981. The van der Waals surface area contributed by atoms with Gasteiger partial charge < -0.3 is 14.7 Å². The second-order valence-electron chi connectivity index (χ2n) is 5.69. The lowest BCUT2D eigenvalue weighted by Crippen LogP contribution is -2.35. The number of halogens is 1. The van der Waals surface area contributed by atoms with Crippen LogP contribution in [0.3, 0.4) is 0 Å². The summed E-state index contributed by atoms with van der Waals surface area (Å²) in [5.41, 5.74) is -0.527. The smallest absolute Gasteiger partial charge is 0.410 e. The lowest BCUT2D eigenvalue weighted by molar-refractivity contribution is 0.0270. The van der Waals surface area contributed by atoms with Crippen molar-refractivity contribution in [3.63, 3.8) is 0 Å². The number of hydrogen-bond acceptors (Lipinski definition) is 4. The fraction of sp³-hybridized carbons (Fsp3) is 0.615. The van der Waals surface area contributed by atoms with Gasteiger partial charge in [-0.25, -0.2) is 4.79 Å². The minimum absolute atomic E-state index is 0.125. The molecule has 2 heterocycles. The van der Waals surface area contributed by atoms with Crippen molar-refractivity contribution in [2.45, 2.75) is 38.4 Å². The highest BCUT2D eigenvalue weighted by Gasteiger charge is 2.38. The first-order valence-electron chi connectivity index (χ1n) is 6.17. The average Bonchev–Trinajstić information content (AvgIpc) is 2.82. The van der Waals surface area contributed by atoms with Gasteiger partial charge in [0.1, 0.15) is 5.60 Å². The topological polar surface area (TPSA) is 49.8 Å². The minimum atomic E-state index is -0.594. The van der Waals surface area contributed by atoms with Crippen LogP contribution in [0.25, 0.3) is 0 Å². The summed E-state index contributed by atoms with van der Waals surface area (Å²) >= 11 is 7.59. The van der Waals surface area contributed by atoms with Gasteiger partial charge in [-0.05, 0) is 32.2 Å². The van der Waals surface area contributed by atoms with Crippen LogP contribution >= 0.6 is 22.9 Å². The van der Waals surface area contributed by atoms with Gasteiger partial charge in [-0.15, -0.1) is 11.3 Å². The van der Waals surface area contributed by atoms with Crippen LogP contribution in [-0.2, 0) is 4.74 Å². The minimum Gasteiger partial charge on any atom is -0.444 e. The van der Waals surface area contributed by atoms with Crippen LogP contribution in [0.4, 0.5) is 4.79 Å². The van der Waals surface area contributed by atoms with Crippen LogP contribution in [0.15, 0.2) is 11.4 Å². The van der Waals surface area contributed by atoms with Crippen molar-refractivity contribution in [1.29, 1.82) is 0 Å². The molecule has 2 atom stereocenters. The molecule has 0 aliphatic carbocycles. The van der Waals surface area contributed by atoms with Crippen LogP contribution < -0.4 is 0 Å². The molecule has 0 aromatic carbocycles. The van der Waals surface area contributed by atoms with Gasteiger partial charge in [-0.1, -0.05) is 11.6 Å². The fourth-order valence-corrected chi connectivity index (χ4v) is 3.44. The number of aliphatic hydroxyl groups is 1. The zero-order valence-electron chi connectivity index (χ0n) is 11.2. The maximum atomic E-state index is 12.0. The Kier molecular flexibility index (Phi) is 4.08. The maximum Gasteiger partial charge on any atom is 0.410 e. The molecule has 1 aliphatic heterocycles. The number of likely N-dealkylation sites (tertiary alicyclic amines) is 1. The molecule has 0 bridgehead atoms. The number of carbonyl (C=O) groups excluding carboxylic acids is 1. The summed E-state index contributed by atoms with van der Waals surface area (Å²) < 4.78 is 5.31. The van der Waals surface area contributed by atoms with E-state index in [9.17, 15) is 9.90 Å². The summed E-state index contributed by atoms with van der Waals surface area (Å²) in [5, 5.41) is 12.6. The molecule has 0 saturated carbocycles. The predicted octanol–water partition coefficient (Wildman–Crippen LogP) is 3.10. The highest BCUT2D eigenvalue weighted by atomic mass is 35.5. The van der Waals surface area contributed by atoms with Gasteiger partial charge >= 0.3 is 6.09 Å². The van der Waals surface area contributed by atoms with Gasteiger partial charge in [-0.2, -0.15) is 0 Å².